The minimum Gasteiger partial charge on any atom is -0.493 e. The number of methoxy groups -OCH3 is 2. The first-order valence-electron chi connectivity index (χ1n) is 8.14. The molecule has 0 aliphatic heterocycles. The van der Waals surface area contributed by atoms with Crippen LogP contribution >= 0.6 is 11.6 Å². The van der Waals surface area contributed by atoms with Crippen LogP contribution in [0.2, 0.25) is 5.02 Å². The zero-order chi connectivity index (χ0) is 19.8. The second-order valence-corrected chi connectivity index (χ2v) is 6.01. The van der Waals surface area contributed by atoms with Crippen LogP contribution in [0.15, 0.2) is 54.2 Å². The third kappa shape index (κ3) is 5.16. The maximum absolute atomic E-state index is 12.3. The molecule has 0 fully saturated rings. The number of carbonyl (C=O) groups excluding carboxylic acids is 1. The number of ether oxygens (including phenoxy) is 2. The Bertz CT molecular complexity index is 890. The van der Waals surface area contributed by atoms with Crippen molar-refractivity contribution >= 4 is 23.2 Å². The van der Waals surface area contributed by atoms with Gasteiger partial charge in [0, 0.05) is 12.2 Å². The molecule has 2 N–H and O–H groups in total. The first-order chi connectivity index (χ1) is 13.0. The van der Waals surface area contributed by atoms with E-state index in [1.165, 1.54) is 6.20 Å². The summed E-state index contributed by atoms with van der Waals surface area (Å²) in [4.78, 5) is 12.3. The number of para-hydroxylation sites is 1. The number of hydrogen-bond acceptors (Lipinski definition) is 5. The molecule has 6 nitrogen and oxygen atoms in total. The lowest BCUT2D eigenvalue weighted by Gasteiger charge is -2.15. The molecule has 0 aromatic heterocycles. The summed E-state index contributed by atoms with van der Waals surface area (Å²) in [5.41, 5.74) is 1.29. The average molecular weight is 386 g/mol. The quantitative estimate of drug-likeness (QED) is 0.554. The van der Waals surface area contributed by atoms with Crippen molar-refractivity contribution in [1.29, 1.82) is 5.26 Å². The number of nitrogens with one attached hydrogen (secondary N) is 2. The predicted molar refractivity (Wildman–Crippen MR) is 105 cm³/mol. The van der Waals surface area contributed by atoms with Gasteiger partial charge in [0.25, 0.3) is 5.91 Å². The SMILES string of the molecule is COc1ccc(C(C)N/C=C(/C#N)C(=O)Nc2ccccc2Cl)cc1OC. The molecule has 0 spiro atoms. The van der Waals surface area contributed by atoms with Gasteiger partial charge in [-0.25, -0.2) is 0 Å². The Morgan fingerprint density at radius 3 is 2.52 bits per heavy atom. The minimum atomic E-state index is -0.544. The molecule has 2 aromatic rings. The van der Waals surface area contributed by atoms with Gasteiger partial charge in [0.15, 0.2) is 11.5 Å². The normalized spacial score (nSPS) is 11.9. The lowest BCUT2D eigenvalue weighted by atomic mass is 10.1. The molecule has 7 heteroatoms. The first kappa shape index (κ1) is 20.1. The Balaban J connectivity index is 2.11. The number of anilines is 1. The van der Waals surface area contributed by atoms with Crippen LogP contribution in [0.1, 0.15) is 18.5 Å². The summed E-state index contributed by atoms with van der Waals surface area (Å²) in [6, 6.07) is 14.0. The van der Waals surface area contributed by atoms with Crippen molar-refractivity contribution in [2.75, 3.05) is 19.5 Å². The van der Waals surface area contributed by atoms with Crippen molar-refractivity contribution < 1.29 is 14.3 Å². The number of halogens is 1. The average Bonchev–Trinajstić information content (AvgIpc) is 2.69. The second kappa shape index (κ2) is 9.51. The van der Waals surface area contributed by atoms with Gasteiger partial charge in [-0.1, -0.05) is 29.8 Å². The second-order valence-electron chi connectivity index (χ2n) is 5.61. The van der Waals surface area contributed by atoms with Gasteiger partial charge in [-0.05, 0) is 36.8 Å². The van der Waals surface area contributed by atoms with Crippen molar-refractivity contribution in [3.8, 4) is 17.6 Å². The van der Waals surface area contributed by atoms with Crippen LogP contribution in [0.3, 0.4) is 0 Å². The number of amides is 1. The maximum atomic E-state index is 12.3. The van der Waals surface area contributed by atoms with Crippen LogP contribution < -0.4 is 20.1 Å². The Morgan fingerprint density at radius 2 is 1.89 bits per heavy atom. The third-order valence-corrected chi connectivity index (χ3v) is 4.20. The summed E-state index contributed by atoms with van der Waals surface area (Å²) < 4.78 is 10.5. The van der Waals surface area contributed by atoms with E-state index in [0.717, 1.165) is 5.56 Å². The molecule has 1 unspecified atom stereocenters. The number of hydrogen-bond donors (Lipinski definition) is 2. The zero-order valence-electron chi connectivity index (χ0n) is 15.2. The lowest BCUT2D eigenvalue weighted by molar-refractivity contribution is -0.112. The highest BCUT2D eigenvalue weighted by Crippen LogP contribution is 2.30. The van der Waals surface area contributed by atoms with Crippen LogP contribution in [0.5, 0.6) is 11.5 Å². The summed E-state index contributed by atoms with van der Waals surface area (Å²) in [5.74, 6) is 0.683. The highest BCUT2D eigenvalue weighted by atomic mass is 35.5. The van der Waals surface area contributed by atoms with E-state index in [9.17, 15) is 10.1 Å². The van der Waals surface area contributed by atoms with E-state index in [1.807, 2.05) is 25.1 Å². The third-order valence-electron chi connectivity index (χ3n) is 3.87. The largest absolute Gasteiger partial charge is 0.493 e. The van der Waals surface area contributed by atoms with Gasteiger partial charge in [0.1, 0.15) is 11.6 Å². The Labute approximate surface area is 163 Å². The van der Waals surface area contributed by atoms with Crippen LogP contribution in [0.25, 0.3) is 0 Å². The molecule has 0 aliphatic carbocycles. The van der Waals surface area contributed by atoms with Crippen LogP contribution in [0.4, 0.5) is 5.69 Å². The summed E-state index contributed by atoms with van der Waals surface area (Å²) >= 11 is 6.02. The van der Waals surface area contributed by atoms with E-state index >= 15 is 0 Å². The topological polar surface area (TPSA) is 83.4 Å². The maximum Gasteiger partial charge on any atom is 0.267 e. The van der Waals surface area contributed by atoms with Gasteiger partial charge < -0.3 is 20.1 Å². The fourth-order valence-corrected chi connectivity index (χ4v) is 2.51. The number of benzene rings is 2. The van der Waals surface area contributed by atoms with E-state index < -0.39 is 5.91 Å². The fourth-order valence-electron chi connectivity index (χ4n) is 2.33. The van der Waals surface area contributed by atoms with Gasteiger partial charge >= 0.3 is 0 Å². The molecule has 0 heterocycles. The molecule has 27 heavy (non-hydrogen) atoms. The van der Waals surface area contributed by atoms with Gasteiger partial charge in [-0.15, -0.1) is 0 Å². The molecule has 0 bridgehead atoms. The lowest BCUT2D eigenvalue weighted by Crippen LogP contribution is -2.18. The van der Waals surface area contributed by atoms with Crippen molar-refractivity contribution in [2.45, 2.75) is 13.0 Å². The first-order valence-corrected chi connectivity index (χ1v) is 8.52. The number of rotatable bonds is 7. The minimum absolute atomic E-state index is 0.0674. The van der Waals surface area contributed by atoms with Gasteiger partial charge in [-0.2, -0.15) is 5.26 Å². The standard InChI is InChI=1S/C20H20ClN3O3/c1-13(14-8-9-18(26-2)19(10-14)27-3)23-12-15(11-22)20(25)24-17-7-5-4-6-16(17)21/h4-10,12-13,23H,1-3H3,(H,24,25)/b15-12-. The fraction of sp³-hybridized carbons (Fsp3) is 0.200. The molecule has 0 radical (unpaired) electrons. The monoisotopic (exact) mass is 385 g/mol. The molecular formula is C20H20ClN3O3. The van der Waals surface area contributed by atoms with Gasteiger partial charge in [0.2, 0.25) is 0 Å². The summed E-state index contributed by atoms with van der Waals surface area (Å²) in [6.45, 7) is 1.90. The molecule has 0 aliphatic rings. The summed E-state index contributed by atoms with van der Waals surface area (Å²) in [5, 5.41) is 15.4. The predicted octanol–water partition coefficient (Wildman–Crippen LogP) is 4.05. The molecule has 1 atom stereocenters. The van der Waals surface area contributed by atoms with E-state index in [4.69, 9.17) is 21.1 Å². The Morgan fingerprint density at radius 1 is 1.19 bits per heavy atom. The van der Waals surface area contributed by atoms with Crippen molar-refractivity contribution in [1.82, 2.24) is 5.32 Å². The highest BCUT2D eigenvalue weighted by Gasteiger charge is 2.13. The molecule has 0 saturated carbocycles. The van der Waals surface area contributed by atoms with Gasteiger partial charge in [0.05, 0.1) is 24.9 Å². The van der Waals surface area contributed by atoms with Crippen molar-refractivity contribution in [3.63, 3.8) is 0 Å². The molecule has 1 amide bonds. The smallest absolute Gasteiger partial charge is 0.267 e. The Kier molecular flexibility index (Phi) is 7.09. The molecule has 2 rings (SSSR count). The van der Waals surface area contributed by atoms with Gasteiger partial charge in [-0.3, -0.25) is 4.79 Å². The van der Waals surface area contributed by atoms with Crippen molar-refractivity contribution in [2.24, 2.45) is 0 Å². The van der Waals surface area contributed by atoms with Crippen LogP contribution in [-0.2, 0) is 4.79 Å². The van der Waals surface area contributed by atoms with Crippen LogP contribution in [-0.4, -0.2) is 20.1 Å². The summed E-state index contributed by atoms with van der Waals surface area (Å²) in [7, 11) is 3.13. The summed E-state index contributed by atoms with van der Waals surface area (Å²) in [6.07, 6.45) is 1.38. The van der Waals surface area contributed by atoms with E-state index in [0.29, 0.717) is 22.2 Å². The van der Waals surface area contributed by atoms with Crippen LogP contribution in [0, 0.1) is 11.3 Å². The zero-order valence-corrected chi connectivity index (χ0v) is 16.0. The highest BCUT2D eigenvalue weighted by molar-refractivity contribution is 6.33. The van der Waals surface area contributed by atoms with Crippen molar-refractivity contribution in [3.05, 3.63) is 64.8 Å². The molecular weight excluding hydrogens is 366 g/mol. The molecule has 2 aromatic carbocycles. The van der Waals surface area contributed by atoms with E-state index in [1.54, 1.807) is 44.6 Å². The number of nitrogens with zero attached hydrogens (tertiary/aromatic N) is 1. The number of carbonyl (C=O) groups is 1. The Hall–Kier alpha value is -3.17. The van der Waals surface area contributed by atoms with E-state index in [2.05, 4.69) is 10.6 Å². The number of nitriles is 1. The van der Waals surface area contributed by atoms with E-state index in [-0.39, 0.29) is 11.6 Å². The molecule has 140 valence electrons. The molecule has 0 saturated heterocycles.